The molecule has 0 aromatic heterocycles. The Labute approximate surface area is 141 Å². The third-order valence-corrected chi connectivity index (χ3v) is 4.87. The van der Waals surface area contributed by atoms with E-state index in [-0.39, 0.29) is 19.1 Å². The first-order valence-electron chi connectivity index (χ1n) is 7.59. The maximum Gasteiger partial charge on any atom is 0.407 e. The molecule has 0 radical (unpaired) electrons. The Morgan fingerprint density at radius 3 is 2.21 bits per heavy atom. The third-order valence-electron chi connectivity index (χ3n) is 4.10. The lowest BCUT2D eigenvalue weighted by atomic mass is 9.98. The zero-order valence-corrected chi connectivity index (χ0v) is 13.8. The highest BCUT2D eigenvalue weighted by Gasteiger charge is 2.29. The van der Waals surface area contributed by atoms with Gasteiger partial charge in [-0.15, -0.1) is 0 Å². The smallest absolute Gasteiger partial charge is 0.407 e. The van der Waals surface area contributed by atoms with Crippen molar-refractivity contribution in [2.24, 2.45) is 5.73 Å². The second-order valence-electron chi connectivity index (χ2n) is 5.59. The Hall–Kier alpha value is -1.98. The average molecular weight is 346 g/mol. The first kappa shape index (κ1) is 16.9. The highest BCUT2D eigenvalue weighted by atomic mass is 31.2. The predicted molar refractivity (Wildman–Crippen MR) is 92.4 cm³/mol. The van der Waals surface area contributed by atoms with Crippen LogP contribution in [-0.4, -0.2) is 34.8 Å². The summed E-state index contributed by atoms with van der Waals surface area (Å²) in [6, 6.07) is 16.2. The molecule has 1 amide bonds. The Bertz CT molecular complexity index is 693. The van der Waals surface area contributed by atoms with E-state index in [0.717, 1.165) is 22.3 Å². The number of nitrogens with one attached hydrogen (secondary N) is 1. The molecule has 6 nitrogen and oxygen atoms in total. The maximum absolute atomic E-state index is 11.8. The van der Waals surface area contributed by atoms with Gasteiger partial charge in [-0.1, -0.05) is 48.5 Å². The number of rotatable bonds is 5. The maximum atomic E-state index is 11.8. The van der Waals surface area contributed by atoms with Crippen molar-refractivity contribution in [3.8, 4) is 11.1 Å². The van der Waals surface area contributed by atoms with Gasteiger partial charge in [0.25, 0.3) is 0 Å². The number of fused-ring (bicyclic) bond motifs is 3. The average Bonchev–Trinajstić information content (AvgIpc) is 2.92. The van der Waals surface area contributed by atoms with Crippen LogP contribution in [0.2, 0.25) is 0 Å². The zero-order valence-electron chi connectivity index (χ0n) is 12.9. The van der Waals surface area contributed by atoms with Crippen molar-refractivity contribution in [1.82, 2.24) is 5.32 Å². The van der Waals surface area contributed by atoms with Crippen LogP contribution >= 0.6 is 8.38 Å². The van der Waals surface area contributed by atoms with Crippen molar-refractivity contribution < 1.29 is 19.3 Å². The first-order chi connectivity index (χ1) is 11.6. The van der Waals surface area contributed by atoms with Crippen LogP contribution in [0.3, 0.4) is 0 Å². The van der Waals surface area contributed by atoms with Crippen molar-refractivity contribution in [3.63, 3.8) is 0 Å². The van der Waals surface area contributed by atoms with E-state index in [4.69, 9.17) is 20.3 Å². The second kappa shape index (κ2) is 7.28. The fraction of sp³-hybridized carbons (Fsp3) is 0.235. The normalized spacial score (nSPS) is 14.2. The molecular formula is C17H19N2O4P. The van der Waals surface area contributed by atoms with E-state index in [9.17, 15) is 4.79 Å². The molecule has 1 aliphatic carbocycles. The van der Waals surface area contributed by atoms with Gasteiger partial charge >= 0.3 is 6.09 Å². The standard InChI is InChI=1S/C17H19N2O4P/c18-16(24(21)22)9-19-17(20)23-10-15-13-7-3-1-5-11(13)12-6-2-4-8-14(12)15/h1-8,15-16,21-22H,9-10,18H2,(H,19,20). The van der Waals surface area contributed by atoms with E-state index in [1.165, 1.54) is 0 Å². The number of benzene rings is 2. The van der Waals surface area contributed by atoms with Crippen LogP contribution < -0.4 is 11.1 Å². The summed E-state index contributed by atoms with van der Waals surface area (Å²) in [4.78, 5) is 29.7. The van der Waals surface area contributed by atoms with Crippen molar-refractivity contribution in [2.75, 3.05) is 13.2 Å². The fourth-order valence-electron chi connectivity index (χ4n) is 2.92. The summed E-state index contributed by atoms with van der Waals surface area (Å²) in [6.07, 6.45) is -0.621. The minimum absolute atomic E-state index is 0.00960. The van der Waals surface area contributed by atoms with E-state index in [2.05, 4.69) is 17.4 Å². The topological polar surface area (TPSA) is 105 Å². The summed E-state index contributed by atoms with van der Waals surface area (Å²) in [5, 5.41) is 2.45. The van der Waals surface area contributed by atoms with Gasteiger partial charge in [0.1, 0.15) is 6.61 Å². The molecule has 0 spiro atoms. The zero-order chi connectivity index (χ0) is 17.1. The Morgan fingerprint density at radius 2 is 1.67 bits per heavy atom. The molecule has 2 aromatic carbocycles. The largest absolute Gasteiger partial charge is 0.449 e. The molecular weight excluding hydrogens is 327 g/mol. The van der Waals surface area contributed by atoms with Crippen molar-refractivity contribution in [1.29, 1.82) is 0 Å². The molecule has 5 N–H and O–H groups in total. The lowest BCUT2D eigenvalue weighted by Gasteiger charge is -2.16. The molecule has 126 valence electrons. The van der Waals surface area contributed by atoms with E-state index in [1.807, 2.05) is 36.4 Å². The van der Waals surface area contributed by atoms with Gasteiger partial charge in [0.15, 0.2) is 8.38 Å². The molecule has 0 saturated heterocycles. The molecule has 2 aromatic rings. The summed E-state index contributed by atoms with van der Waals surface area (Å²) in [5.74, 6) is -0.898. The summed E-state index contributed by atoms with van der Waals surface area (Å²) >= 11 is 0. The van der Waals surface area contributed by atoms with Crippen molar-refractivity contribution in [2.45, 2.75) is 11.7 Å². The number of ether oxygens (including phenoxy) is 1. The van der Waals surface area contributed by atoms with Crippen LogP contribution in [0.5, 0.6) is 0 Å². The second-order valence-corrected chi connectivity index (χ2v) is 6.90. The Balaban J connectivity index is 1.66. The third kappa shape index (κ3) is 3.42. The van der Waals surface area contributed by atoms with Crippen LogP contribution in [0.15, 0.2) is 48.5 Å². The van der Waals surface area contributed by atoms with Crippen LogP contribution in [0.1, 0.15) is 17.0 Å². The Kier molecular flexibility index (Phi) is 5.11. The number of carbonyl (C=O) groups is 1. The quantitative estimate of drug-likeness (QED) is 0.621. The molecule has 0 saturated carbocycles. The number of carbonyl (C=O) groups excluding carboxylic acids is 1. The highest BCUT2D eigenvalue weighted by Crippen LogP contribution is 2.44. The van der Waals surface area contributed by atoms with Crippen LogP contribution in [0, 0.1) is 0 Å². The molecule has 1 aliphatic rings. The van der Waals surface area contributed by atoms with Crippen LogP contribution in [0.4, 0.5) is 4.79 Å². The SMILES string of the molecule is NC(CNC(=O)OCC1c2ccccc2-c2ccccc21)P(O)O. The minimum Gasteiger partial charge on any atom is -0.449 e. The number of hydrogen-bond acceptors (Lipinski definition) is 5. The molecule has 0 heterocycles. The van der Waals surface area contributed by atoms with E-state index in [1.54, 1.807) is 0 Å². The van der Waals surface area contributed by atoms with Gasteiger partial charge in [0, 0.05) is 12.5 Å². The first-order valence-corrected chi connectivity index (χ1v) is 8.91. The van der Waals surface area contributed by atoms with Gasteiger partial charge in [-0.2, -0.15) is 0 Å². The lowest BCUT2D eigenvalue weighted by molar-refractivity contribution is 0.143. The lowest BCUT2D eigenvalue weighted by Crippen LogP contribution is -2.36. The number of nitrogens with two attached hydrogens (primary N) is 1. The number of hydrogen-bond donors (Lipinski definition) is 4. The Morgan fingerprint density at radius 1 is 1.12 bits per heavy atom. The number of alkyl carbamates (subject to hydrolysis) is 1. The molecule has 0 bridgehead atoms. The molecule has 7 heteroatoms. The van der Waals surface area contributed by atoms with Crippen molar-refractivity contribution in [3.05, 3.63) is 59.7 Å². The van der Waals surface area contributed by atoms with Gasteiger partial charge in [0.2, 0.25) is 0 Å². The van der Waals surface area contributed by atoms with Crippen LogP contribution in [-0.2, 0) is 4.74 Å². The van der Waals surface area contributed by atoms with Gasteiger partial charge in [-0.3, -0.25) is 0 Å². The van der Waals surface area contributed by atoms with E-state index >= 15 is 0 Å². The van der Waals surface area contributed by atoms with E-state index < -0.39 is 20.3 Å². The van der Waals surface area contributed by atoms with Crippen LogP contribution in [0.25, 0.3) is 11.1 Å². The minimum atomic E-state index is -2.27. The predicted octanol–water partition coefficient (Wildman–Crippen LogP) is 2.11. The molecule has 1 unspecified atom stereocenters. The fourth-order valence-corrected chi connectivity index (χ4v) is 3.17. The summed E-state index contributed by atoms with van der Waals surface area (Å²) in [5.41, 5.74) is 10.1. The number of amides is 1. The molecule has 24 heavy (non-hydrogen) atoms. The van der Waals surface area contributed by atoms with Gasteiger partial charge in [0.05, 0.1) is 5.78 Å². The van der Waals surface area contributed by atoms with Gasteiger partial charge < -0.3 is 25.6 Å². The molecule has 0 aliphatic heterocycles. The van der Waals surface area contributed by atoms with E-state index in [0.29, 0.717) is 0 Å². The summed E-state index contributed by atoms with van der Waals surface area (Å²) in [7, 11) is -2.27. The molecule has 0 fully saturated rings. The summed E-state index contributed by atoms with van der Waals surface area (Å²) < 4.78 is 5.31. The molecule has 1 atom stereocenters. The van der Waals surface area contributed by atoms with Crippen molar-refractivity contribution >= 4 is 14.5 Å². The highest BCUT2D eigenvalue weighted by molar-refractivity contribution is 7.45. The van der Waals surface area contributed by atoms with Gasteiger partial charge in [-0.05, 0) is 22.3 Å². The summed E-state index contributed by atoms with van der Waals surface area (Å²) in [6.45, 7) is 0.164. The monoisotopic (exact) mass is 346 g/mol. The molecule has 3 rings (SSSR count). The van der Waals surface area contributed by atoms with Gasteiger partial charge in [-0.25, -0.2) is 4.79 Å².